The summed E-state index contributed by atoms with van der Waals surface area (Å²) >= 11 is 1.55. The Labute approximate surface area is 161 Å². The molecule has 6 heteroatoms. The van der Waals surface area contributed by atoms with Gasteiger partial charge in [0.15, 0.2) is 0 Å². The van der Waals surface area contributed by atoms with E-state index in [0.29, 0.717) is 11.9 Å². The van der Waals surface area contributed by atoms with Gasteiger partial charge >= 0.3 is 0 Å². The fraction of sp³-hybridized carbons (Fsp3) is 0.190. The van der Waals surface area contributed by atoms with Gasteiger partial charge in [-0.2, -0.15) is 0 Å². The largest absolute Gasteiger partial charge is 0.324 e. The number of imidazole rings is 1. The van der Waals surface area contributed by atoms with E-state index in [1.165, 1.54) is 5.56 Å². The fourth-order valence-corrected chi connectivity index (χ4v) is 3.71. The first-order valence-corrected chi connectivity index (χ1v) is 9.76. The lowest BCUT2D eigenvalue weighted by molar-refractivity contribution is -0.115. The van der Waals surface area contributed by atoms with Crippen LogP contribution >= 0.6 is 11.3 Å². The van der Waals surface area contributed by atoms with Gasteiger partial charge in [0.2, 0.25) is 11.9 Å². The van der Waals surface area contributed by atoms with Crippen LogP contribution in [-0.4, -0.2) is 20.9 Å². The number of hydrogen-bond acceptors (Lipinski definition) is 4. The SMILES string of the molecule is CC(C)c1ccc(-c2nc(CC(=O)Nc3nc4ccccc4[nH]3)cs2)cc1. The van der Waals surface area contributed by atoms with Gasteiger partial charge in [-0.15, -0.1) is 11.3 Å². The van der Waals surface area contributed by atoms with Crippen molar-refractivity contribution >= 4 is 34.2 Å². The summed E-state index contributed by atoms with van der Waals surface area (Å²) in [5, 5.41) is 5.67. The van der Waals surface area contributed by atoms with Crippen molar-refractivity contribution in [3.63, 3.8) is 0 Å². The van der Waals surface area contributed by atoms with Crippen molar-refractivity contribution in [2.45, 2.75) is 26.2 Å². The molecule has 0 unspecified atom stereocenters. The number of nitrogens with one attached hydrogen (secondary N) is 2. The van der Waals surface area contributed by atoms with Crippen LogP contribution in [0.5, 0.6) is 0 Å². The second-order valence-electron chi connectivity index (χ2n) is 6.75. The van der Waals surface area contributed by atoms with Crippen molar-refractivity contribution in [1.29, 1.82) is 0 Å². The van der Waals surface area contributed by atoms with E-state index in [0.717, 1.165) is 27.3 Å². The summed E-state index contributed by atoms with van der Waals surface area (Å²) in [4.78, 5) is 24.4. The normalized spacial score (nSPS) is 11.2. The molecule has 136 valence electrons. The molecule has 4 aromatic rings. The molecule has 4 rings (SSSR count). The highest BCUT2D eigenvalue weighted by molar-refractivity contribution is 7.13. The zero-order chi connectivity index (χ0) is 18.8. The maximum atomic E-state index is 12.3. The van der Waals surface area contributed by atoms with Crippen LogP contribution in [0.1, 0.15) is 31.0 Å². The van der Waals surface area contributed by atoms with E-state index in [9.17, 15) is 4.79 Å². The van der Waals surface area contributed by atoms with E-state index in [1.54, 1.807) is 11.3 Å². The number of H-pyrrole nitrogens is 1. The predicted molar refractivity (Wildman–Crippen MR) is 110 cm³/mol. The monoisotopic (exact) mass is 376 g/mol. The van der Waals surface area contributed by atoms with Gasteiger partial charge in [0.25, 0.3) is 0 Å². The van der Waals surface area contributed by atoms with Gasteiger partial charge < -0.3 is 4.98 Å². The Balaban J connectivity index is 1.43. The summed E-state index contributed by atoms with van der Waals surface area (Å²) in [6, 6.07) is 16.1. The number of hydrogen-bond donors (Lipinski definition) is 2. The van der Waals surface area contributed by atoms with Crippen LogP contribution in [0.15, 0.2) is 53.9 Å². The second-order valence-corrected chi connectivity index (χ2v) is 7.61. The number of rotatable bonds is 5. The highest BCUT2D eigenvalue weighted by atomic mass is 32.1. The Hall–Kier alpha value is -2.99. The van der Waals surface area contributed by atoms with E-state index >= 15 is 0 Å². The number of benzene rings is 2. The Morgan fingerprint density at radius 3 is 2.63 bits per heavy atom. The van der Waals surface area contributed by atoms with Gasteiger partial charge in [0.05, 0.1) is 23.1 Å². The van der Waals surface area contributed by atoms with Crippen molar-refractivity contribution in [3.8, 4) is 10.6 Å². The molecule has 0 spiro atoms. The fourth-order valence-electron chi connectivity index (χ4n) is 2.88. The number of nitrogens with zero attached hydrogens (tertiary/aromatic N) is 2. The summed E-state index contributed by atoms with van der Waals surface area (Å²) in [5.74, 6) is 0.829. The van der Waals surface area contributed by atoms with Gasteiger partial charge in [-0.3, -0.25) is 10.1 Å². The standard InChI is InChI=1S/C21H20N4OS/c1-13(2)14-7-9-15(10-8-14)20-22-16(12-27-20)11-19(26)25-21-23-17-5-3-4-6-18(17)24-21/h3-10,12-13H,11H2,1-2H3,(H2,23,24,25,26). The summed E-state index contributed by atoms with van der Waals surface area (Å²) in [6.45, 7) is 4.36. The van der Waals surface area contributed by atoms with E-state index in [1.807, 2.05) is 29.6 Å². The molecule has 0 saturated heterocycles. The van der Waals surface area contributed by atoms with Crippen LogP contribution in [-0.2, 0) is 11.2 Å². The van der Waals surface area contributed by atoms with Gasteiger partial charge in [0.1, 0.15) is 5.01 Å². The molecular weight excluding hydrogens is 356 g/mol. The number of fused-ring (bicyclic) bond motifs is 1. The van der Waals surface area contributed by atoms with Crippen molar-refractivity contribution in [2.75, 3.05) is 5.32 Å². The number of carbonyl (C=O) groups is 1. The molecule has 0 saturated carbocycles. The van der Waals surface area contributed by atoms with Crippen LogP contribution in [0.2, 0.25) is 0 Å². The third kappa shape index (κ3) is 3.90. The highest BCUT2D eigenvalue weighted by Gasteiger charge is 2.11. The van der Waals surface area contributed by atoms with Crippen LogP contribution in [0.25, 0.3) is 21.6 Å². The molecule has 2 aromatic heterocycles. The maximum absolute atomic E-state index is 12.3. The van der Waals surface area contributed by atoms with Crippen molar-refractivity contribution < 1.29 is 4.79 Å². The number of carbonyl (C=O) groups excluding carboxylic acids is 1. The molecular formula is C21H20N4OS. The molecule has 5 nitrogen and oxygen atoms in total. The van der Waals surface area contributed by atoms with E-state index in [-0.39, 0.29) is 12.3 Å². The first-order valence-electron chi connectivity index (χ1n) is 8.88. The third-order valence-corrected chi connectivity index (χ3v) is 5.31. The highest BCUT2D eigenvalue weighted by Crippen LogP contribution is 2.26. The van der Waals surface area contributed by atoms with Crippen LogP contribution in [0, 0.1) is 0 Å². The zero-order valence-electron chi connectivity index (χ0n) is 15.2. The van der Waals surface area contributed by atoms with Gasteiger partial charge in [-0.1, -0.05) is 50.2 Å². The quantitative estimate of drug-likeness (QED) is 0.515. The Morgan fingerprint density at radius 2 is 1.89 bits per heavy atom. The lowest BCUT2D eigenvalue weighted by atomic mass is 10.0. The molecule has 0 aliphatic heterocycles. The smallest absolute Gasteiger partial charge is 0.232 e. The summed E-state index contributed by atoms with van der Waals surface area (Å²) < 4.78 is 0. The number of para-hydroxylation sites is 2. The van der Waals surface area contributed by atoms with E-state index in [2.05, 4.69) is 58.4 Å². The van der Waals surface area contributed by atoms with E-state index < -0.39 is 0 Å². The van der Waals surface area contributed by atoms with Gasteiger partial charge in [-0.25, -0.2) is 9.97 Å². The number of anilines is 1. The molecule has 0 atom stereocenters. The van der Waals surface area contributed by atoms with Gasteiger partial charge in [-0.05, 0) is 23.6 Å². The minimum atomic E-state index is -0.138. The average molecular weight is 376 g/mol. The second kappa shape index (κ2) is 7.32. The Morgan fingerprint density at radius 1 is 1.11 bits per heavy atom. The van der Waals surface area contributed by atoms with Crippen molar-refractivity contribution in [1.82, 2.24) is 15.0 Å². The molecule has 0 bridgehead atoms. The average Bonchev–Trinajstić information content (AvgIpc) is 3.28. The van der Waals surface area contributed by atoms with Crippen LogP contribution < -0.4 is 5.32 Å². The minimum Gasteiger partial charge on any atom is -0.324 e. The molecule has 0 aliphatic carbocycles. The maximum Gasteiger partial charge on any atom is 0.232 e. The summed E-state index contributed by atoms with van der Waals surface area (Å²) in [5.41, 5.74) is 4.87. The summed E-state index contributed by atoms with van der Waals surface area (Å²) in [7, 11) is 0. The predicted octanol–water partition coefficient (Wildman–Crippen LogP) is 4.99. The number of aromatic nitrogens is 3. The molecule has 2 aromatic carbocycles. The Bertz CT molecular complexity index is 1050. The molecule has 0 radical (unpaired) electrons. The topological polar surface area (TPSA) is 70.7 Å². The molecule has 1 amide bonds. The number of amides is 1. The van der Waals surface area contributed by atoms with Crippen molar-refractivity contribution in [3.05, 3.63) is 65.2 Å². The molecule has 2 N–H and O–H groups in total. The number of thiazole rings is 1. The number of aromatic amines is 1. The Kier molecular flexibility index (Phi) is 4.73. The zero-order valence-corrected chi connectivity index (χ0v) is 16.0. The molecule has 0 aliphatic rings. The van der Waals surface area contributed by atoms with Crippen molar-refractivity contribution in [2.24, 2.45) is 0 Å². The minimum absolute atomic E-state index is 0.138. The van der Waals surface area contributed by atoms with E-state index in [4.69, 9.17) is 0 Å². The van der Waals surface area contributed by atoms with Crippen LogP contribution in [0.3, 0.4) is 0 Å². The molecule has 2 heterocycles. The summed E-state index contributed by atoms with van der Waals surface area (Å²) in [6.07, 6.45) is 0.220. The molecule has 0 fully saturated rings. The first-order chi connectivity index (χ1) is 13.1. The third-order valence-electron chi connectivity index (χ3n) is 4.36. The first kappa shape index (κ1) is 17.4. The van der Waals surface area contributed by atoms with Gasteiger partial charge in [0, 0.05) is 10.9 Å². The lowest BCUT2D eigenvalue weighted by Gasteiger charge is -2.05. The lowest BCUT2D eigenvalue weighted by Crippen LogP contribution is -2.15. The van der Waals surface area contributed by atoms with Crippen LogP contribution in [0.4, 0.5) is 5.95 Å². The molecule has 27 heavy (non-hydrogen) atoms.